The molecule has 3 nitrogen and oxygen atoms in total. The van der Waals surface area contributed by atoms with Gasteiger partial charge < -0.3 is 9.30 Å². The zero-order chi connectivity index (χ0) is 13.9. The maximum absolute atomic E-state index is 13.2. The third kappa shape index (κ3) is 2.86. The summed E-state index contributed by atoms with van der Waals surface area (Å²) in [6, 6.07) is 7.10. The summed E-state index contributed by atoms with van der Waals surface area (Å²) < 4.78 is 20.9. The normalized spacial score (nSPS) is 16.9. The van der Waals surface area contributed by atoms with Crippen LogP contribution in [-0.2, 0) is 11.3 Å². The SMILES string of the molecule is Cc1cc2cc(F)ccc2n1CCCN1CCOCC1. The van der Waals surface area contributed by atoms with Gasteiger partial charge in [0.25, 0.3) is 0 Å². The number of aromatic nitrogens is 1. The molecule has 0 unspecified atom stereocenters. The van der Waals surface area contributed by atoms with Crippen LogP contribution in [0.4, 0.5) is 4.39 Å². The van der Waals surface area contributed by atoms with Crippen LogP contribution in [0.2, 0.25) is 0 Å². The van der Waals surface area contributed by atoms with Crippen LogP contribution in [-0.4, -0.2) is 42.3 Å². The summed E-state index contributed by atoms with van der Waals surface area (Å²) in [5.41, 5.74) is 2.33. The summed E-state index contributed by atoms with van der Waals surface area (Å²) in [5, 5.41) is 0.994. The Bertz CT molecular complexity index is 587. The minimum Gasteiger partial charge on any atom is -0.379 e. The highest BCUT2D eigenvalue weighted by molar-refractivity contribution is 5.81. The Kier molecular flexibility index (Phi) is 4.03. The van der Waals surface area contributed by atoms with E-state index < -0.39 is 0 Å². The molecule has 0 aliphatic carbocycles. The molecule has 20 heavy (non-hydrogen) atoms. The van der Waals surface area contributed by atoms with Gasteiger partial charge in [-0.3, -0.25) is 4.90 Å². The number of aryl methyl sites for hydroxylation is 2. The lowest BCUT2D eigenvalue weighted by Crippen LogP contribution is -2.37. The molecule has 3 rings (SSSR count). The molecule has 0 N–H and O–H groups in total. The van der Waals surface area contributed by atoms with Crippen LogP contribution in [0.3, 0.4) is 0 Å². The fourth-order valence-electron chi connectivity index (χ4n) is 2.95. The average Bonchev–Trinajstić information content (AvgIpc) is 2.75. The second-order valence-corrected chi connectivity index (χ2v) is 5.45. The number of hydrogen-bond donors (Lipinski definition) is 0. The molecule has 0 saturated carbocycles. The molecule has 2 aromatic rings. The van der Waals surface area contributed by atoms with E-state index in [0.717, 1.165) is 56.7 Å². The quantitative estimate of drug-likeness (QED) is 0.854. The van der Waals surface area contributed by atoms with E-state index in [1.54, 1.807) is 12.1 Å². The molecule has 1 aromatic carbocycles. The van der Waals surface area contributed by atoms with E-state index in [9.17, 15) is 4.39 Å². The van der Waals surface area contributed by atoms with Crippen molar-refractivity contribution >= 4 is 10.9 Å². The van der Waals surface area contributed by atoms with Crippen molar-refractivity contribution in [3.63, 3.8) is 0 Å². The van der Waals surface area contributed by atoms with Gasteiger partial charge in [0.05, 0.1) is 13.2 Å². The summed E-state index contributed by atoms with van der Waals surface area (Å²) in [4.78, 5) is 2.45. The van der Waals surface area contributed by atoms with E-state index >= 15 is 0 Å². The summed E-state index contributed by atoms with van der Waals surface area (Å²) in [7, 11) is 0. The molecule has 0 amide bonds. The van der Waals surface area contributed by atoms with Crippen molar-refractivity contribution in [1.29, 1.82) is 0 Å². The van der Waals surface area contributed by atoms with E-state index in [1.165, 1.54) is 5.69 Å². The third-order valence-corrected chi connectivity index (χ3v) is 4.03. The van der Waals surface area contributed by atoms with Gasteiger partial charge in [0.1, 0.15) is 5.82 Å². The number of rotatable bonds is 4. The van der Waals surface area contributed by atoms with E-state index in [1.807, 2.05) is 6.07 Å². The maximum atomic E-state index is 13.2. The van der Waals surface area contributed by atoms with Gasteiger partial charge in [-0.05, 0) is 37.6 Å². The number of nitrogens with zero attached hydrogens (tertiary/aromatic N) is 2. The van der Waals surface area contributed by atoms with Gasteiger partial charge in [-0.1, -0.05) is 0 Å². The minimum atomic E-state index is -0.164. The van der Waals surface area contributed by atoms with Gasteiger partial charge in [-0.15, -0.1) is 0 Å². The van der Waals surface area contributed by atoms with Crippen LogP contribution in [0.25, 0.3) is 10.9 Å². The number of hydrogen-bond acceptors (Lipinski definition) is 2. The number of halogens is 1. The number of ether oxygens (including phenoxy) is 1. The summed E-state index contributed by atoms with van der Waals surface area (Å²) in [6.45, 7) is 7.96. The first-order valence-electron chi connectivity index (χ1n) is 7.29. The lowest BCUT2D eigenvalue weighted by molar-refractivity contribution is 0.0369. The van der Waals surface area contributed by atoms with Gasteiger partial charge in [-0.25, -0.2) is 4.39 Å². The highest BCUT2D eigenvalue weighted by atomic mass is 19.1. The molecule has 1 aromatic heterocycles. The molecule has 4 heteroatoms. The first-order valence-corrected chi connectivity index (χ1v) is 7.29. The number of morpholine rings is 1. The molecule has 1 aliphatic rings. The van der Waals surface area contributed by atoms with E-state index in [4.69, 9.17) is 4.74 Å². The predicted molar refractivity (Wildman–Crippen MR) is 78.5 cm³/mol. The largest absolute Gasteiger partial charge is 0.379 e. The van der Waals surface area contributed by atoms with Crippen LogP contribution >= 0.6 is 0 Å². The molecule has 0 bridgehead atoms. The van der Waals surface area contributed by atoms with Gasteiger partial charge in [0, 0.05) is 42.8 Å². The number of benzene rings is 1. The fourth-order valence-corrected chi connectivity index (χ4v) is 2.95. The highest BCUT2D eigenvalue weighted by Crippen LogP contribution is 2.21. The molecule has 0 atom stereocenters. The monoisotopic (exact) mass is 276 g/mol. The maximum Gasteiger partial charge on any atom is 0.123 e. The summed E-state index contributed by atoms with van der Waals surface area (Å²) in [5.74, 6) is -0.164. The predicted octanol–water partition coefficient (Wildman–Crippen LogP) is 2.81. The zero-order valence-electron chi connectivity index (χ0n) is 11.9. The molecule has 0 spiro atoms. The Hall–Kier alpha value is -1.39. The lowest BCUT2D eigenvalue weighted by Gasteiger charge is -2.26. The molecular weight excluding hydrogens is 255 g/mol. The van der Waals surface area contributed by atoms with Gasteiger partial charge >= 0.3 is 0 Å². The highest BCUT2D eigenvalue weighted by Gasteiger charge is 2.11. The van der Waals surface area contributed by atoms with Crippen LogP contribution < -0.4 is 0 Å². The van der Waals surface area contributed by atoms with Gasteiger partial charge in [-0.2, -0.15) is 0 Å². The molecule has 0 radical (unpaired) electrons. The number of fused-ring (bicyclic) bond motifs is 1. The molecule has 2 heterocycles. The standard InChI is InChI=1S/C16H21FN2O/c1-13-11-14-12-15(17)3-4-16(14)19(13)6-2-5-18-7-9-20-10-8-18/h3-4,11-12H,2,5-10H2,1H3. The summed E-state index contributed by atoms with van der Waals surface area (Å²) >= 11 is 0. The van der Waals surface area contributed by atoms with Gasteiger partial charge in [0.2, 0.25) is 0 Å². The van der Waals surface area contributed by atoms with Crippen LogP contribution in [0.1, 0.15) is 12.1 Å². The van der Waals surface area contributed by atoms with Crippen molar-refractivity contribution in [1.82, 2.24) is 9.47 Å². The molecule has 1 aliphatic heterocycles. The smallest absolute Gasteiger partial charge is 0.123 e. The average molecular weight is 276 g/mol. The fraction of sp³-hybridized carbons (Fsp3) is 0.500. The Morgan fingerprint density at radius 3 is 2.75 bits per heavy atom. The molecule has 1 fully saturated rings. The van der Waals surface area contributed by atoms with E-state index in [-0.39, 0.29) is 5.82 Å². The van der Waals surface area contributed by atoms with Crippen molar-refractivity contribution in [3.05, 3.63) is 35.8 Å². The van der Waals surface area contributed by atoms with Crippen molar-refractivity contribution < 1.29 is 9.13 Å². The van der Waals surface area contributed by atoms with Crippen molar-refractivity contribution in [2.24, 2.45) is 0 Å². The second kappa shape index (κ2) is 5.94. The minimum absolute atomic E-state index is 0.164. The zero-order valence-corrected chi connectivity index (χ0v) is 11.9. The van der Waals surface area contributed by atoms with Crippen LogP contribution in [0.5, 0.6) is 0 Å². The van der Waals surface area contributed by atoms with Crippen LogP contribution in [0, 0.1) is 12.7 Å². The Balaban J connectivity index is 1.66. The molecule has 108 valence electrons. The van der Waals surface area contributed by atoms with Crippen LogP contribution in [0.15, 0.2) is 24.3 Å². The van der Waals surface area contributed by atoms with Crippen molar-refractivity contribution in [2.45, 2.75) is 19.9 Å². The topological polar surface area (TPSA) is 17.4 Å². The summed E-state index contributed by atoms with van der Waals surface area (Å²) in [6.07, 6.45) is 1.11. The molecular formula is C16H21FN2O. The van der Waals surface area contributed by atoms with Gasteiger partial charge in [0.15, 0.2) is 0 Å². The Morgan fingerprint density at radius 1 is 1.15 bits per heavy atom. The van der Waals surface area contributed by atoms with Crippen molar-refractivity contribution in [2.75, 3.05) is 32.8 Å². The molecule has 1 saturated heterocycles. The van der Waals surface area contributed by atoms with Crippen molar-refractivity contribution in [3.8, 4) is 0 Å². The van der Waals surface area contributed by atoms with E-state index in [2.05, 4.69) is 22.5 Å². The third-order valence-electron chi connectivity index (χ3n) is 4.03. The Morgan fingerprint density at radius 2 is 1.95 bits per heavy atom. The second-order valence-electron chi connectivity index (χ2n) is 5.45. The first-order chi connectivity index (χ1) is 9.74. The van der Waals surface area contributed by atoms with E-state index in [0.29, 0.717) is 0 Å². The lowest BCUT2D eigenvalue weighted by atomic mass is 10.2. The first kappa shape index (κ1) is 13.6. The Labute approximate surface area is 118 Å².